The van der Waals surface area contributed by atoms with Crippen LogP contribution in [0.5, 0.6) is 5.75 Å². The molecule has 0 heterocycles. The van der Waals surface area contributed by atoms with E-state index in [-0.39, 0.29) is 46.9 Å². The zero-order valence-electron chi connectivity index (χ0n) is 17.3. The highest BCUT2D eigenvalue weighted by atomic mass is 16.8. The maximum absolute atomic E-state index is 13.3. The van der Waals surface area contributed by atoms with E-state index in [1.165, 1.54) is 30.3 Å². The van der Waals surface area contributed by atoms with E-state index in [2.05, 4.69) is 6.92 Å². The normalized spacial score (nSPS) is 34.5. The van der Waals surface area contributed by atoms with Crippen molar-refractivity contribution in [2.75, 3.05) is 0 Å². The van der Waals surface area contributed by atoms with Crippen molar-refractivity contribution in [1.82, 2.24) is 0 Å². The van der Waals surface area contributed by atoms with Crippen molar-refractivity contribution in [3.63, 3.8) is 0 Å². The average Bonchev–Trinajstić information content (AvgIpc) is 2.70. The lowest BCUT2D eigenvalue weighted by Gasteiger charge is -2.57. The third-order valence-electron chi connectivity index (χ3n) is 7.63. The number of benzene rings is 1. The Balaban J connectivity index is 1.62. The second-order valence-electron chi connectivity index (χ2n) is 9.33. The van der Waals surface area contributed by atoms with Crippen LogP contribution in [0.1, 0.15) is 52.4 Å². The average molecular weight is 413 g/mol. The Labute approximate surface area is 175 Å². The number of ether oxygens (including phenoxy) is 1. The second kappa shape index (κ2) is 7.41. The van der Waals surface area contributed by atoms with Gasteiger partial charge < -0.3 is 9.94 Å². The Morgan fingerprint density at radius 1 is 1.20 bits per heavy atom. The van der Waals surface area contributed by atoms with Gasteiger partial charge in [-0.15, -0.1) is 0 Å². The molecular formula is C23H27NO6. The van der Waals surface area contributed by atoms with Crippen molar-refractivity contribution in [2.45, 2.75) is 52.4 Å². The van der Waals surface area contributed by atoms with Crippen LogP contribution in [0.25, 0.3) is 0 Å². The van der Waals surface area contributed by atoms with Gasteiger partial charge >= 0.3 is 5.97 Å². The monoisotopic (exact) mass is 413 g/mol. The van der Waals surface area contributed by atoms with Gasteiger partial charge in [-0.2, -0.15) is 5.23 Å². The van der Waals surface area contributed by atoms with Crippen molar-refractivity contribution < 1.29 is 29.6 Å². The summed E-state index contributed by atoms with van der Waals surface area (Å²) in [5, 5.41) is 19.0. The van der Waals surface area contributed by atoms with Crippen LogP contribution in [0.15, 0.2) is 35.9 Å². The molecule has 160 valence electrons. The number of rotatable bonds is 3. The molecule has 0 amide bonds. The lowest BCUT2D eigenvalue weighted by Crippen LogP contribution is -2.99. The lowest BCUT2D eigenvalue weighted by atomic mass is 9.45. The first kappa shape index (κ1) is 20.9. The Bertz CT molecular complexity index is 920. The summed E-state index contributed by atoms with van der Waals surface area (Å²) in [4.78, 5) is 38.1. The summed E-state index contributed by atoms with van der Waals surface area (Å²) in [5.74, 6) is -0.254. The zero-order valence-corrected chi connectivity index (χ0v) is 17.3. The van der Waals surface area contributed by atoms with Gasteiger partial charge in [0, 0.05) is 30.5 Å². The van der Waals surface area contributed by atoms with E-state index in [1.54, 1.807) is 0 Å². The summed E-state index contributed by atoms with van der Waals surface area (Å²) in [6.07, 6.45) is 5.28. The molecule has 2 saturated carbocycles. The van der Waals surface area contributed by atoms with Gasteiger partial charge in [0.05, 0.1) is 5.41 Å². The maximum Gasteiger partial charge on any atom is 0.317 e. The molecule has 0 bridgehead atoms. The topological polar surface area (TPSA) is 108 Å². The number of carbonyl (C=O) groups is 3. The molecule has 2 N–H and O–H groups in total. The van der Waals surface area contributed by atoms with Crippen LogP contribution in [0, 0.1) is 27.9 Å². The van der Waals surface area contributed by atoms with E-state index in [9.17, 15) is 19.6 Å². The van der Waals surface area contributed by atoms with Gasteiger partial charge in [-0.25, -0.2) is 5.21 Å². The summed E-state index contributed by atoms with van der Waals surface area (Å²) >= 11 is 0. The van der Waals surface area contributed by atoms with Gasteiger partial charge in [0.15, 0.2) is 17.3 Å². The number of hydrogen-bond donors (Lipinski definition) is 2. The Kier molecular flexibility index (Phi) is 5.16. The molecule has 0 saturated heterocycles. The fourth-order valence-corrected chi connectivity index (χ4v) is 5.97. The molecule has 0 aromatic heterocycles. The highest BCUT2D eigenvalue weighted by Gasteiger charge is 2.60. The SMILES string of the molecule is CC1(C(=O)Oc2ccc([NH+]([O-])O)cc2)CCCC2(C)C3CCC(=O)C=C3C(=O)CC12. The molecule has 3 aliphatic carbocycles. The lowest BCUT2D eigenvalue weighted by molar-refractivity contribution is -0.991. The van der Waals surface area contributed by atoms with Crippen molar-refractivity contribution in [3.05, 3.63) is 41.1 Å². The Morgan fingerprint density at radius 2 is 1.90 bits per heavy atom. The van der Waals surface area contributed by atoms with Crippen LogP contribution in [0.3, 0.4) is 0 Å². The summed E-state index contributed by atoms with van der Waals surface area (Å²) in [6.45, 7) is 4.05. The number of carbonyl (C=O) groups excluding carboxylic acids is 3. The predicted molar refractivity (Wildman–Crippen MR) is 107 cm³/mol. The minimum atomic E-state index is -1.04. The van der Waals surface area contributed by atoms with Crippen LogP contribution in [-0.2, 0) is 14.4 Å². The number of nitrogens with one attached hydrogen (secondary N) is 1. The number of fused-ring (bicyclic) bond motifs is 3. The van der Waals surface area contributed by atoms with Crippen molar-refractivity contribution in [2.24, 2.45) is 22.7 Å². The molecule has 7 heteroatoms. The van der Waals surface area contributed by atoms with Crippen LogP contribution >= 0.6 is 0 Å². The number of hydrogen-bond acceptors (Lipinski definition) is 6. The smallest absolute Gasteiger partial charge is 0.317 e. The van der Waals surface area contributed by atoms with Crippen LogP contribution in [0.4, 0.5) is 5.69 Å². The fourth-order valence-electron chi connectivity index (χ4n) is 5.97. The minimum Gasteiger partial charge on any atom is -0.595 e. The Hall–Kier alpha value is -2.35. The van der Waals surface area contributed by atoms with Gasteiger partial charge in [-0.3, -0.25) is 14.4 Å². The van der Waals surface area contributed by atoms with Crippen molar-refractivity contribution >= 4 is 23.2 Å². The number of allylic oxidation sites excluding steroid dienone is 2. The van der Waals surface area contributed by atoms with Gasteiger partial charge in [0.2, 0.25) is 0 Å². The largest absolute Gasteiger partial charge is 0.595 e. The number of Topliss-reactive ketones (excluding diaryl/α,β-unsaturated/α-hetero) is 1. The molecule has 0 aliphatic heterocycles. The zero-order chi connectivity index (χ0) is 21.7. The van der Waals surface area contributed by atoms with Crippen LogP contribution in [-0.4, -0.2) is 22.7 Å². The molecule has 30 heavy (non-hydrogen) atoms. The predicted octanol–water partition coefficient (Wildman–Crippen LogP) is 2.69. The molecule has 0 spiro atoms. The molecule has 4 rings (SSSR count). The second-order valence-corrected chi connectivity index (χ2v) is 9.33. The third-order valence-corrected chi connectivity index (χ3v) is 7.63. The standard InChI is InChI=1S/C23H27NO6/c1-22-10-3-11-23(2,21(27)30-16-7-4-14(5-8-16)24(28)29)20(22)13-19(26)17-12-15(25)6-9-18(17)22/h4-5,7-8,12,18,20,24,28H,3,6,9-11,13H2,1-2H3. The quantitative estimate of drug-likeness (QED) is 0.448. The maximum atomic E-state index is 13.3. The molecule has 2 fully saturated rings. The molecule has 7 nitrogen and oxygen atoms in total. The summed E-state index contributed by atoms with van der Waals surface area (Å²) in [6, 6.07) is 5.76. The van der Waals surface area contributed by atoms with Crippen LogP contribution in [0.2, 0.25) is 0 Å². The molecule has 0 radical (unpaired) electrons. The van der Waals surface area contributed by atoms with Gasteiger partial charge in [0.1, 0.15) is 5.75 Å². The summed E-state index contributed by atoms with van der Waals surface area (Å²) < 4.78 is 5.66. The minimum absolute atomic E-state index is 0.00345. The van der Waals surface area contributed by atoms with Crippen molar-refractivity contribution in [3.8, 4) is 5.75 Å². The highest BCUT2D eigenvalue weighted by molar-refractivity contribution is 6.05. The summed E-state index contributed by atoms with van der Waals surface area (Å²) in [7, 11) is 0. The number of quaternary nitrogens is 1. The number of ketones is 2. The van der Waals surface area contributed by atoms with E-state index in [0.29, 0.717) is 30.6 Å². The fraction of sp³-hybridized carbons (Fsp3) is 0.522. The molecule has 1 aromatic carbocycles. The van der Waals surface area contributed by atoms with E-state index in [4.69, 9.17) is 9.94 Å². The molecule has 5 atom stereocenters. The van der Waals surface area contributed by atoms with E-state index in [1.807, 2.05) is 6.92 Å². The molecule has 1 aromatic rings. The number of esters is 1. The van der Waals surface area contributed by atoms with Crippen molar-refractivity contribution in [1.29, 1.82) is 0 Å². The van der Waals surface area contributed by atoms with E-state index < -0.39 is 10.6 Å². The first-order valence-corrected chi connectivity index (χ1v) is 10.5. The summed E-state index contributed by atoms with van der Waals surface area (Å²) in [5.41, 5.74) is -0.289. The first-order valence-electron chi connectivity index (χ1n) is 10.5. The van der Waals surface area contributed by atoms with Crippen LogP contribution < -0.4 is 9.96 Å². The Morgan fingerprint density at radius 3 is 2.57 bits per heavy atom. The van der Waals surface area contributed by atoms with E-state index in [0.717, 1.165) is 12.8 Å². The third kappa shape index (κ3) is 3.31. The molecule has 5 unspecified atom stereocenters. The van der Waals surface area contributed by atoms with E-state index >= 15 is 0 Å². The van der Waals surface area contributed by atoms with Gasteiger partial charge in [-0.05, 0) is 61.6 Å². The van der Waals surface area contributed by atoms with Gasteiger partial charge in [0.25, 0.3) is 0 Å². The van der Waals surface area contributed by atoms with Gasteiger partial charge in [-0.1, -0.05) is 13.3 Å². The highest BCUT2D eigenvalue weighted by Crippen LogP contribution is 2.62. The first-order chi connectivity index (χ1) is 14.1. The molecular weight excluding hydrogens is 386 g/mol. The molecule has 3 aliphatic rings.